The maximum Gasteiger partial charge on any atom is 0.164 e. The Balaban J connectivity index is 1.85. The van der Waals surface area contributed by atoms with Gasteiger partial charge in [0.25, 0.3) is 0 Å². The van der Waals surface area contributed by atoms with E-state index in [2.05, 4.69) is 26.7 Å². The van der Waals surface area contributed by atoms with Crippen molar-refractivity contribution in [3.63, 3.8) is 0 Å². The zero-order valence-electron chi connectivity index (χ0n) is 16.0. The van der Waals surface area contributed by atoms with Gasteiger partial charge in [-0.05, 0) is 44.4 Å². The van der Waals surface area contributed by atoms with Crippen LogP contribution in [0.4, 0.5) is 17.2 Å². The maximum absolute atomic E-state index is 9.41. The minimum Gasteiger partial charge on any atom is -0.495 e. The molecule has 1 aliphatic carbocycles. The van der Waals surface area contributed by atoms with E-state index in [0.717, 1.165) is 35.5 Å². The van der Waals surface area contributed by atoms with E-state index in [0.29, 0.717) is 17.2 Å². The molecule has 4 N–H and O–H groups in total. The van der Waals surface area contributed by atoms with E-state index in [9.17, 15) is 5.26 Å². The van der Waals surface area contributed by atoms with Crippen LogP contribution in [0.3, 0.4) is 0 Å². The molecule has 2 atom stereocenters. The molecule has 0 unspecified atom stereocenters. The van der Waals surface area contributed by atoms with Crippen LogP contribution in [0.25, 0.3) is 0 Å². The summed E-state index contributed by atoms with van der Waals surface area (Å²) >= 11 is 0. The number of rotatable bonds is 5. The van der Waals surface area contributed by atoms with Crippen LogP contribution in [-0.2, 0) is 0 Å². The van der Waals surface area contributed by atoms with Crippen LogP contribution in [-0.4, -0.2) is 29.2 Å². The highest BCUT2D eigenvalue weighted by Crippen LogP contribution is 2.28. The molecule has 0 amide bonds. The van der Waals surface area contributed by atoms with Crippen molar-refractivity contribution >= 4 is 17.2 Å². The number of nitriles is 1. The molecule has 0 aliphatic heterocycles. The van der Waals surface area contributed by atoms with Crippen molar-refractivity contribution in [3.05, 3.63) is 35.3 Å². The Bertz CT molecular complexity index is 837. The van der Waals surface area contributed by atoms with Gasteiger partial charge >= 0.3 is 0 Å². The number of methoxy groups -OCH3 is 1. The summed E-state index contributed by atoms with van der Waals surface area (Å²) in [7, 11) is 1.63. The van der Waals surface area contributed by atoms with Crippen molar-refractivity contribution in [1.29, 1.82) is 5.26 Å². The first-order valence-electron chi connectivity index (χ1n) is 9.23. The fourth-order valence-corrected chi connectivity index (χ4v) is 3.61. The predicted molar refractivity (Wildman–Crippen MR) is 106 cm³/mol. The number of nitrogens with zero attached hydrogens (tertiary/aromatic N) is 3. The van der Waals surface area contributed by atoms with Crippen molar-refractivity contribution in [1.82, 2.24) is 9.97 Å². The lowest BCUT2D eigenvalue weighted by molar-refractivity contribution is 0.404. The summed E-state index contributed by atoms with van der Waals surface area (Å²) in [6, 6.07) is 6.28. The Morgan fingerprint density at radius 2 is 2.04 bits per heavy atom. The molecular formula is C20H26N6O. The molecule has 0 spiro atoms. The number of ether oxygens (including phenoxy) is 1. The molecule has 7 nitrogen and oxygen atoms in total. The zero-order chi connectivity index (χ0) is 19.4. The number of hydrogen-bond donors (Lipinski definition) is 3. The predicted octanol–water partition coefficient (Wildman–Crippen LogP) is 3.40. The van der Waals surface area contributed by atoms with Crippen LogP contribution in [0.1, 0.15) is 42.6 Å². The molecule has 0 saturated heterocycles. The summed E-state index contributed by atoms with van der Waals surface area (Å²) in [6.45, 7) is 3.85. The normalized spacial score (nSPS) is 19.2. The smallest absolute Gasteiger partial charge is 0.164 e. The highest BCUT2D eigenvalue weighted by molar-refractivity contribution is 5.68. The van der Waals surface area contributed by atoms with E-state index >= 15 is 0 Å². The summed E-state index contributed by atoms with van der Waals surface area (Å²) in [5.41, 5.74) is 9.77. The van der Waals surface area contributed by atoms with E-state index in [1.165, 1.54) is 12.8 Å². The summed E-state index contributed by atoms with van der Waals surface area (Å²) < 4.78 is 5.36. The second-order valence-corrected chi connectivity index (χ2v) is 7.00. The van der Waals surface area contributed by atoms with Gasteiger partial charge < -0.3 is 21.1 Å². The number of nitrogens with two attached hydrogens (primary N) is 1. The van der Waals surface area contributed by atoms with Gasteiger partial charge in [0.05, 0.1) is 30.4 Å². The van der Waals surface area contributed by atoms with Crippen LogP contribution >= 0.6 is 0 Å². The fourth-order valence-electron chi connectivity index (χ4n) is 3.61. The summed E-state index contributed by atoms with van der Waals surface area (Å²) in [6.07, 6.45) is 6.11. The van der Waals surface area contributed by atoms with Crippen molar-refractivity contribution in [2.75, 3.05) is 17.7 Å². The van der Waals surface area contributed by atoms with Crippen molar-refractivity contribution in [2.45, 2.75) is 51.6 Å². The van der Waals surface area contributed by atoms with Gasteiger partial charge in [-0.2, -0.15) is 5.26 Å². The van der Waals surface area contributed by atoms with E-state index < -0.39 is 0 Å². The van der Waals surface area contributed by atoms with Crippen LogP contribution in [0.5, 0.6) is 5.75 Å². The maximum atomic E-state index is 9.41. The zero-order valence-corrected chi connectivity index (χ0v) is 16.0. The average Bonchev–Trinajstić information content (AvgIpc) is 2.64. The van der Waals surface area contributed by atoms with Crippen LogP contribution in [0.2, 0.25) is 0 Å². The number of anilines is 3. The molecule has 0 radical (unpaired) electrons. The summed E-state index contributed by atoms with van der Waals surface area (Å²) in [4.78, 5) is 8.80. The van der Waals surface area contributed by atoms with Gasteiger partial charge in [0.2, 0.25) is 0 Å². The second kappa shape index (κ2) is 8.23. The van der Waals surface area contributed by atoms with Gasteiger partial charge in [0.1, 0.15) is 17.6 Å². The van der Waals surface area contributed by atoms with Gasteiger partial charge in [-0.3, -0.25) is 0 Å². The number of hydrogen-bond acceptors (Lipinski definition) is 7. The standard InChI is InChI=1S/C20H26N6O/c1-12-8-19(24-13(2)20(12)27-3)26-17-9-14(11-23-18(17)10-21)25-16-7-5-4-6-15(16)22/h8-9,11,15-16,25H,4-7,22H2,1-3H3,(H,24,26)/t15-,16+/m0/s1. The Hall–Kier alpha value is -2.85. The number of aryl methyl sites for hydroxylation is 2. The van der Waals surface area contributed by atoms with Crippen molar-refractivity contribution in [2.24, 2.45) is 5.73 Å². The topological polar surface area (TPSA) is 109 Å². The molecule has 2 aromatic rings. The van der Waals surface area contributed by atoms with E-state index in [-0.39, 0.29) is 12.1 Å². The molecule has 142 valence electrons. The van der Waals surface area contributed by atoms with Gasteiger partial charge in [-0.1, -0.05) is 12.8 Å². The lowest BCUT2D eigenvalue weighted by Crippen LogP contribution is -2.42. The quantitative estimate of drug-likeness (QED) is 0.744. The minimum absolute atomic E-state index is 0.138. The van der Waals surface area contributed by atoms with E-state index in [1.54, 1.807) is 13.3 Å². The summed E-state index contributed by atoms with van der Waals surface area (Å²) in [5.74, 6) is 1.41. The molecule has 2 heterocycles. The Morgan fingerprint density at radius 1 is 1.26 bits per heavy atom. The lowest BCUT2D eigenvalue weighted by atomic mass is 9.91. The van der Waals surface area contributed by atoms with Gasteiger partial charge in [-0.15, -0.1) is 0 Å². The van der Waals surface area contributed by atoms with Crippen LogP contribution < -0.4 is 21.1 Å². The molecule has 1 fully saturated rings. The Kier molecular flexibility index (Phi) is 5.77. The fraction of sp³-hybridized carbons (Fsp3) is 0.450. The molecular weight excluding hydrogens is 340 g/mol. The van der Waals surface area contributed by atoms with Gasteiger partial charge in [0, 0.05) is 12.1 Å². The Labute approximate surface area is 160 Å². The first-order chi connectivity index (χ1) is 13.0. The van der Waals surface area contributed by atoms with Crippen LogP contribution in [0.15, 0.2) is 18.3 Å². The number of nitrogens with one attached hydrogen (secondary N) is 2. The van der Waals surface area contributed by atoms with Crippen LogP contribution in [0, 0.1) is 25.2 Å². The molecule has 7 heteroatoms. The van der Waals surface area contributed by atoms with E-state index in [4.69, 9.17) is 10.5 Å². The molecule has 2 aromatic heterocycles. The average molecular weight is 366 g/mol. The third-order valence-corrected chi connectivity index (χ3v) is 4.96. The molecule has 0 bridgehead atoms. The second-order valence-electron chi connectivity index (χ2n) is 7.00. The highest BCUT2D eigenvalue weighted by atomic mass is 16.5. The monoisotopic (exact) mass is 366 g/mol. The first-order valence-corrected chi connectivity index (χ1v) is 9.23. The largest absolute Gasteiger partial charge is 0.495 e. The Morgan fingerprint density at radius 3 is 2.70 bits per heavy atom. The SMILES string of the molecule is COc1c(C)cc(Nc2cc(N[C@@H]3CCCC[C@@H]3N)cnc2C#N)nc1C. The lowest BCUT2D eigenvalue weighted by Gasteiger charge is -2.30. The summed E-state index contributed by atoms with van der Waals surface area (Å²) in [5, 5.41) is 16.1. The molecule has 1 aliphatic rings. The first kappa shape index (κ1) is 18.9. The molecule has 0 aromatic carbocycles. The molecule has 27 heavy (non-hydrogen) atoms. The minimum atomic E-state index is 0.138. The van der Waals surface area contributed by atoms with E-state index in [1.807, 2.05) is 26.0 Å². The molecule has 1 saturated carbocycles. The highest BCUT2D eigenvalue weighted by Gasteiger charge is 2.22. The van der Waals surface area contributed by atoms with Gasteiger partial charge in [-0.25, -0.2) is 9.97 Å². The molecule has 3 rings (SSSR count). The third-order valence-electron chi connectivity index (χ3n) is 4.96. The van der Waals surface area contributed by atoms with Crippen molar-refractivity contribution < 1.29 is 4.74 Å². The van der Waals surface area contributed by atoms with Gasteiger partial charge in [0.15, 0.2) is 5.69 Å². The number of pyridine rings is 2. The number of aromatic nitrogens is 2. The van der Waals surface area contributed by atoms with Crippen molar-refractivity contribution in [3.8, 4) is 11.8 Å². The third kappa shape index (κ3) is 4.29.